The molecule has 0 saturated carbocycles. The van der Waals surface area contributed by atoms with Gasteiger partial charge in [0, 0.05) is 11.0 Å². The molecule has 0 aliphatic heterocycles. The highest BCUT2D eigenvalue weighted by Crippen LogP contribution is 2.34. The van der Waals surface area contributed by atoms with Crippen molar-refractivity contribution >= 4 is 21.9 Å². The molecule has 7 nitrogen and oxygen atoms in total. The molecule has 0 unspecified atom stereocenters. The summed E-state index contributed by atoms with van der Waals surface area (Å²) in [6.07, 6.45) is 1.72. The Morgan fingerprint density at radius 2 is 2.04 bits per heavy atom. The van der Waals surface area contributed by atoms with Crippen molar-refractivity contribution in [3.05, 3.63) is 70.5 Å². The summed E-state index contributed by atoms with van der Waals surface area (Å²) in [4.78, 5) is 0. The van der Waals surface area contributed by atoms with Gasteiger partial charge in [-0.2, -0.15) is 0 Å². The Labute approximate surface area is 170 Å². The van der Waals surface area contributed by atoms with Gasteiger partial charge >= 0.3 is 0 Å². The molecule has 146 valence electrons. The van der Waals surface area contributed by atoms with Crippen molar-refractivity contribution in [3.63, 3.8) is 0 Å². The zero-order valence-corrected chi connectivity index (χ0v) is 16.8. The van der Waals surface area contributed by atoms with Gasteiger partial charge in [-0.3, -0.25) is 0 Å². The largest absolute Gasteiger partial charge is 0.493 e. The predicted octanol–water partition coefficient (Wildman–Crippen LogP) is 3.96. The summed E-state index contributed by atoms with van der Waals surface area (Å²) in [5, 5.41) is 14.7. The van der Waals surface area contributed by atoms with Crippen LogP contribution in [0.4, 0.5) is 10.3 Å². The minimum Gasteiger partial charge on any atom is -0.493 e. The number of halogens is 2. The fraction of sp³-hybridized carbons (Fsp3) is 0.211. The number of methoxy groups -OCH3 is 1. The second-order valence-electron chi connectivity index (χ2n) is 5.84. The molecule has 28 heavy (non-hydrogen) atoms. The van der Waals surface area contributed by atoms with Gasteiger partial charge in [-0.15, -0.1) is 6.58 Å². The lowest BCUT2D eigenvalue weighted by Gasteiger charge is -2.14. The zero-order chi connectivity index (χ0) is 19.9. The van der Waals surface area contributed by atoms with Crippen LogP contribution in [-0.2, 0) is 19.7 Å². The van der Waals surface area contributed by atoms with E-state index in [1.54, 1.807) is 30.0 Å². The van der Waals surface area contributed by atoms with Crippen LogP contribution in [0.25, 0.3) is 0 Å². The average Bonchev–Trinajstić information content (AvgIpc) is 3.14. The Morgan fingerprint density at radius 1 is 1.25 bits per heavy atom. The molecule has 0 spiro atoms. The van der Waals surface area contributed by atoms with Crippen molar-refractivity contribution < 1.29 is 13.9 Å². The molecule has 9 heteroatoms. The van der Waals surface area contributed by atoms with Crippen molar-refractivity contribution in [2.75, 3.05) is 12.4 Å². The molecule has 0 bridgehead atoms. The maximum Gasteiger partial charge on any atom is 0.243 e. The van der Waals surface area contributed by atoms with Gasteiger partial charge in [0.2, 0.25) is 5.95 Å². The number of nitrogens with zero attached hydrogens (tertiary/aromatic N) is 4. The molecular weight excluding hydrogens is 429 g/mol. The number of hydrogen-bond donors (Lipinski definition) is 1. The fourth-order valence-electron chi connectivity index (χ4n) is 2.48. The van der Waals surface area contributed by atoms with Crippen molar-refractivity contribution in [3.8, 4) is 11.5 Å². The van der Waals surface area contributed by atoms with Crippen LogP contribution in [0.2, 0.25) is 0 Å². The van der Waals surface area contributed by atoms with Crippen LogP contribution in [0, 0.1) is 5.82 Å². The van der Waals surface area contributed by atoms with E-state index in [9.17, 15) is 4.39 Å². The Kier molecular flexibility index (Phi) is 6.59. The Bertz CT molecular complexity index is 946. The van der Waals surface area contributed by atoms with Crippen molar-refractivity contribution in [1.29, 1.82) is 0 Å². The minimum atomic E-state index is -0.278. The summed E-state index contributed by atoms with van der Waals surface area (Å²) in [5.74, 6) is 1.44. The van der Waals surface area contributed by atoms with Crippen LogP contribution in [0.3, 0.4) is 0 Å². The third-order valence-corrected chi connectivity index (χ3v) is 4.65. The minimum absolute atomic E-state index is 0.278. The summed E-state index contributed by atoms with van der Waals surface area (Å²) in [6, 6.07) is 9.89. The van der Waals surface area contributed by atoms with E-state index in [-0.39, 0.29) is 5.82 Å². The van der Waals surface area contributed by atoms with Crippen LogP contribution in [0.15, 0.2) is 53.5 Å². The first-order chi connectivity index (χ1) is 13.6. The molecule has 1 heterocycles. The monoisotopic (exact) mass is 447 g/mol. The first kappa shape index (κ1) is 19.8. The van der Waals surface area contributed by atoms with E-state index >= 15 is 0 Å². The molecular formula is C19H19BrFN5O2. The highest BCUT2D eigenvalue weighted by Gasteiger charge is 2.12. The molecule has 0 aliphatic rings. The lowest BCUT2D eigenvalue weighted by Crippen LogP contribution is -2.09. The lowest BCUT2D eigenvalue weighted by molar-refractivity contribution is 0.284. The van der Waals surface area contributed by atoms with Crippen LogP contribution in [0.5, 0.6) is 11.5 Å². The summed E-state index contributed by atoms with van der Waals surface area (Å²) < 4.78 is 26.8. The van der Waals surface area contributed by atoms with Crippen LogP contribution in [0.1, 0.15) is 11.1 Å². The van der Waals surface area contributed by atoms with E-state index in [1.807, 2.05) is 12.1 Å². The molecule has 0 amide bonds. The third kappa shape index (κ3) is 4.86. The average molecular weight is 448 g/mol. The smallest absolute Gasteiger partial charge is 0.243 e. The number of allylic oxidation sites excluding steroid dienone is 1. The van der Waals surface area contributed by atoms with E-state index in [1.165, 1.54) is 12.1 Å². The molecule has 0 atom stereocenters. The summed E-state index contributed by atoms with van der Waals surface area (Å²) >= 11 is 3.56. The van der Waals surface area contributed by atoms with Crippen molar-refractivity contribution in [1.82, 2.24) is 20.2 Å². The van der Waals surface area contributed by atoms with E-state index in [4.69, 9.17) is 9.47 Å². The predicted molar refractivity (Wildman–Crippen MR) is 107 cm³/mol. The molecule has 0 fully saturated rings. The zero-order valence-electron chi connectivity index (χ0n) is 15.2. The molecule has 1 N–H and O–H groups in total. The standard InChI is InChI=1S/C19H19BrFN5O2/c1-3-8-26-19(23-24-25-26)22-11-14-9-17(27-2)18(10-16(14)20)28-12-13-4-6-15(21)7-5-13/h3-7,9-10H,1,8,11-12H2,2H3,(H,22,23,25). The quantitative estimate of drug-likeness (QED) is 0.500. The van der Waals surface area contributed by atoms with Gasteiger partial charge in [-0.1, -0.05) is 39.2 Å². The Morgan fingerprint density at radius 3 is 2.75 bits per heavy atom. The van der Waals surface area contributed by atoms with Crippen LogP contribution >= 0.6 is 15.9 Å². The van der Waals surface area contributed by atoms with E-state index in [2.05, 4.69) is 43.4 Å². The summed E-state index contributed by atoms with van der Waals surface area (Å²) in [5.41, 5.74) is 1.80. The highest BCUT2D eigenvalue weighted by molar-refractivity contribution is 9.10. The van der Waals surface area contributed by atoms with Gasteiger partial charge in [0.1, 0.15) is 12.4 Å². The molecule has 1 aromatic heterocycles. The Hall–Kier alpha value is -2.94. The second kappa shape index (κ2) is 9.32. The molecule has 0 aliphatic carbocycles. The highest BCUT2D eigenvalue weighted by atomic mass is 79.9. The molecule has 0 saturated heterocycles. The van der Waals surface area contributed by atoms with Crippen LogP contribution in [-0.4, -0.2) is 27.3 Å². The molecule has 3 aromatic rings. The maximum absolute atomic E-state index is 13.0. The van der Waals surface area contributed by atoms with Gasteiger partial charge < -0.3 is 14.8 Å². The molecule has 2 aromatic carbocycles. The summed E-state index contributed by atoms with van der Waals surface area (Å²) in [7, 11) is 1.58. The second-order valence-corrected chi connectivity index (χ2v) is 6.69. The normalized spacial score (nSPS) is 10.5. The van der Waals surface area contributed by atoms with Gasteiger partial charge in [-0.05, 0) is 45.8 Å². The number of rotatable bonds is 9. The van der Waals surface area contributed by atoms with E-state index < -0.39 is 0 Å². The number of nitrogens with one attached hydrogen (secondary N) is 1. The van der Waals surface area contributed by atoms with Crippen molar-refractivity contribution in [2.24, 2.45) is 0 Å². The molecule has 0 radical (unpaired) electrons. The SMILES string of the molecule is C=CCn1nnnc1NCc1cc(OC)c(OCc2ccc(F)cc2)cc1Br. The first-order valence-electron chi connectivity index (χ1n) is 8.45. The number of aromatic nitrogens is 4. The third-order valence-electron chi connectivity index (χ3n) is 3.91. The Balaban J connectivity index is 1.70. The van der Waals surface area contributed by atoms with E-state index in [0.717, 1.165) is 15.6 Å². The lowest BCUT2D eigenvalue weighted by atomic mass is 10.2. The van der Waals surface area contributed by atoms with Gasteiger partial charge in [0.25, 0.3) is 0 Å². The van der Waals surface area contributed by atoms with Gasteiger partial charge in [0.15, 0.2) is 11.5 Å². The number of hydrogen-bond acceptors (Lipinski definition) is 6. The van der Waals surface area contributed by atoms with Gasteiger partial charge in [-0.25, -0.2) is 9.07 Å². The molecule has 3 rings (SSSR count). The summed E-state index contributed by atoms with van der Waals surface area (Å²) in [6.45, 7) is 4.98. The van der Waals surface area contributed by atoms with Crippen molar-refractivity contribution in [2.45, 2.75) is 19.7 Å². The first-order valence-corrected chi connectivity index (χ1v) is 9.24. The van der Waals surface area contributed by atoms with Gasteiger partial charge in [0.05, 0.1) is 13.7 Å². The number of anilines is 1. The maximum atomic E-state index is 13.0. The number of benzene rings is 2. The number of tetrazole rings is 1. The topological polar surface area (TPSA) is 74.1 Å². The number of ether oxygens (including phenoxy) is 2. The fourth-order valence-corrected chi connectivity index (χ4v) is 2.94. The van der Waals surface area contributed by atoms with Crippen LogP contribution < -0.4 is 14.8 Å². The van der Waals surface area contributed by atoms with E-state index in [0.29, 0.717) is 37.1 Å².